The van der Waals surface area contributed by atoms with Gasteiger partial charge in [0.2, 0.25) is 0 Å². The maximum absolute atomic E-state index is 5.51. The fourth-order valence-corrected chi connectivity index (χ4v) is 2.43. The Morgan fingerprint density at radius 3 is 2.54 bits per heavy atom. The van der Waals surface area contributed by atoms with E-state index in [9.17, 15) is 0 Å². The van der Waals surface area contributed by atoms with E-state index in [2.05, 4.69) is 29.7 Å². The normalized spacial score (nSPS) is 34.5. The second-order valence-electron chi connectivity index (χ2n) is 3.77. The monoisotopic (exact) mass is 199 g/mol. The Morgan fingerprint density at radius 2 is 1.92 bits per heavy atom. The zero-order valence-electron chi connectivity index (χ0n) is 7.85. The van der Waals surface area contributed by atoms with Crippen molar-refractivity contribution in [2.75, 3.05) is 25.5 Å². The molecular formula is C10H17NOS. The molecule has 2 heterocycles. The number of thiol groups is 1. The van der Waals surface area contributed by atoms with Crippen LogP contribution in [0.15, 0.2) is 12.2 Å². The van der Waals surface area contributed by atoms with Crippen LogP contribution in [0.3, 0.4) is 0 Å². The highest BCUT2D eigenvalue weighted by molar-refractivity contribution is 7.80. The van der Waals surface area contributed by atoms with Gasteiger partial charge in [-0.1, -0.05) is 12.2 Å². The predicted octanol–water partition coefficient (Wildman–Crippen LogP) is 1.34. The van der Waals surface area contributed by atoms with Gasteiger partial charge >= 0.3 is 0 Å². The maximum atomic E-state index is 5.51. The summed E-state index contributed by atoms with van der Waals surface area (Å²) in [5.74, 6) is 0.847. The van der Waals surface area contributed by atoms with Crippen molar-refractivity contribution in [3.8, 4) is 0 Å². The highest BCUT2D eigenvalue weighted by Crippen LogP contribution is 2.28. The molecule has 13 heavy (non-hydrogen) atoms. The first-order valence-corrected chi connectivity index (χ1v) is 5.64. The third kappa shape index (κ3) is 2.09. The Hall–Kier alpha value is 0.01000. The second-order valence-corrected chi connectivity index (χ2v) is 4.14. The third-order valence-corrected chi connectivity index (χ3v) is 3.19. The summed E-state index contributed by atoms with van der Waals surface area (Å²) in [5.41, 5.74) is 0. The van der Waals surface area contributed by atoms with Gasteiger partial charge in [0, 0.05) is 24.4 Å². The van der Waals surface area contributed by atoms with Crippen LogP contribution in [0.2, 0.25) is 0 Å². The first kappa shape index (κ1) is 9.56. The van der Waals surface area contributed by atoms with E-state index >= 15 is 0 Å². The average Bonchev–Trinajstić information content (AvgIpc) is 2.38. The summed E-state index contributed by atoms with van der Waals surface area (Å²) in [6.07, 6.45) is 6.99. The van der Waals surface area contributed by atoms with Crippen LogP contribution in [0.4, 0.5) is 0 Å². The molecule has 2 aliphatic heterocycles. The summed E-state index contributed by atoms with van der Waals surface area (Å²) < 4.78 is 5.51. The number of ether oxygens (including phenoxy) is 1. The Bertz CT molecular complexity index is 179. The number of fused-ring (bicyclic) bond motifs is 2. The van der Waals surface area contributed by atoms with E-state index in [1.165, 1.54) is 12.8 Å². The largest absolute Gasteiger partial charge is 0.378 e. The van der Waals surface area contributed by atoms with Crippen LogP contribution < -0.4 is 0 Å². The van der Waals surface area contributed by atoms with E-state index < -0.39 is 0 Å². The Balaban J connectivity index is 1.88. The molecule has 0 aromatic rings. The minimum Gasteiger partial charge on any atom is -0.378 e. The Labute approximate surface area is 85.4 Å². The van der Waals surface area contributed by atoms with E-state index in [0.717, 1.165) is 25.5 Å². The van der Waals surface area contributed by atoms with Crippen LogP contribution in [-0.4, -0.2) is 42.5 Å². The van der Waals surface area contributed by atoms with Crippen LogP contribution in [0.25, 0.3) is 0 Å². The standard InChI is InChI=1S/C10H17NOS/c13-6-2-1-5-11-9-3-4-10(11)8-12-7-9/h1-2,9-10,13H,3-8H2/b2-1+. The van der Waals surface area contributed by atoms with Gasteiger partial charge in [0.05, 0.1) is 13.2 Å². The highest BCUT2D eigenvalue weighted by atomic mass is 32.1. The lowest BCUT2D eigenvalue weighted by Gasteiger charge is -2.33. The molecule has 2 bridgehead atoms. The van der Waals surface area contributed by atoms with Gasteiger partial charge in [-0.05, 0) is 12.8 Å². The third-order valence-electron chi connectivity index (χ3n) is 2.98. The SMILES string of the molecule is SC/C=C/CN1C2CCC1COC2. The number of rotatable bonds is 3. The summed E-state index contributed by atoms with van der Waals surface area (Å²) in [5, 5.41) is 0. The molecule has 0 amide bonds. The van der Waals surface area contributed by atoms with Crippen molar-refractivity contribution in [2.45, 2.75) is 24.9 Å². The number of nitrogens with zero attached hydrogens (tertiary/aromatic N) is 1. The summed E-state index contributed by atoms with van der Waals surface area (Å²) in [4.78, 5) is 2.57. The smallest absolute Gasteiger partial charge is 0.0622 e. The molecule has 2 fully saturated rings. The molecule has 0 saturated carbocycles. The quantitative estimate of drug-likeness (QED) is 0.544. The van der Waals surface area contributed by atoms with Crippen molar-refractivity contribution in [1.29, 1.82) is 0 Å². The van der Waals surface area contributed by atoms with Gasteiger partial charge in [0.25, 0.3) is 0 Å². The van der Waals surface area contributed by atoms with Crippen molar-refractivity contribution in [2.24, 2.45) is 0 Å². The van der Waals surface area contributed by atoms with Gasteiger partial charge in [0.15, 0.2) is 0 Å². The number of hydrogen-bond donors (Lipinski definition) is 1. The molecular weight excluding hydrogens is 182 g/mol. The molecule has 2 unspecified atom stereocenters. The van der Waals surface area contributed by atoms with Crippen molar-refractivity contribution in [3.05, 3.63) is 12.2 Å². The fraction of sp³-hybridized carbons (Fsp3) is 0.800. The number of hydrogen-bond acceptors (Lipinski definition) is 3. The van der Waals surface area contributed by atoms with Crippen LogP contribution in [-0.2, 0) is 4.74 Å². The lowest BCUT2D eigenvalue weighted by molar-refractivity contribution is -0.00844. The van der Waals surface area contributed by atoms with E-state index in [1.54, 1.807) is 0 Å². The van der Waals surface area contributed by atoms with Gasteiger partial charge in [-0.2, -0.15) is 12.6 Å². The molecule has 2 atom stereocenters. The van der Waals surface area contributed by atoms with E-state index in [1.807, 2.05) is 0 Å². The van der Waals surface area contributed by atoms with Crippen LogP contribution in [0, 0.1) is 0 Å². The molecule has 2 nitrogen and oxygen atoms in total. The van der Waals surface area contributed by atoms with Gasteiger partial charge in [0.1, 0.15) is 0 Å². The molecule has 2 aliphatic rings. The summed E-state index contributed by atoms with van der Waals surface area (Å²) in [6.45, 7) is 2.95. The molecule has 74 valence electrons. The van der Waals surface area contributed by atoms with Crippen molar-refractivity contribution >= 4 is 12.6 Å². The van der Waals surface area contributed by atoms with Gasteiger partial charge < -0.3 is 4.74 Å². The summed E-state index contributed by atoms with van der Waals surface area (Å²) in [6, 6.07) is 1.37. The summed E-state index contributed by atoms with van der Waals surface area (Å²) in [7, 11) is 0. The van der Waals surface area contributed by atoms with E-state index in [-0.39, 0.29) is 0 Å². The predicted molar refractivity (Wildman–Crippen MR) is 57.3 cm³/mol. The molecule has 0 N–H and O–H groups in total. The van der Waals surface area contributed by atoms with Gasteiger partial charge in [-0.15, -0.1) is 0 Å². The fourth-order valence-electron chi connectivity index (χ4n) is 2.28. The lowest BCUT2D eigenvalue weighted by atomic mass is 10.2. The molecule has 2 saturated heterocycles. The molecule has 3 heteroatoms. The molecule has 0 spiro atoms. The van der Waals surface area contributed by atoms with Gasteiger partial charge in [-0.3, -0.25) is 4.90 Å². The first-order chi connectivity index (χ1) is 6.42. The Morgan fingerprint density at radius 1 is 1.23 bits per heavy atom. The lowest BCUT2D eigenvalue weighted by Crippen LogP contribution is -2.45. The average molecular weight is 199 g/mol. The van der Waals surface area contributed by atoms with Crippen LogP contribution in [0.1, 0.15) is 12.8 Å². The Kier molecular flexibility index (Phi) is 3.30. The second kappa shape index (κ2) is 4.49. The van der Waals surface area contributed by atoms with E-state index in [0.29, 0.717) is 12.1 Å². The molecule has 0 radical (unpaired) electrons. The zero-order chi connectivity index (χ0) is 9.10. The molecule has 2 rings (SSSR count). The topological polar surface area (TPSA) is 12.5 Å². The maximum Gasteiger partial charge on any atom is 0.0622 e. The minimum atomic E-state index is 0.684. The van der Waals surface area contributed by atoms with Crippen LogP contribution >= 0.6 is 12.6 Å². The van der Waals surface area contributed by atoms with Crippen molar-refractivity contribution in [1.82, 2.24) is 4.90 Å². The van der Waals surface area contributed by atoms with Crippen molar-refractivity contribution < 1.29 is 4.74 Å². The van der Waals surface area contributed by atoms with Gasteiger partial charge in [-0.25, -0.2) is 0 Å². The molecule has 0 aromatic carbocycles. The summed E-state index contributed by atoms with van der Waals surface area (Å²) >= 11 is 4.15. The first-order valence-electron chi connectivity index (χ1n) is 5.01. The zero-order valence-corrected chi connectivity index (χ0v) is 8.75. The molecule has 0 aliphatic carbocycles. The van der Waals surface area contributed by atoms with E-state index in [4.69, 9.17) is 4.74 Å². The number of morpholine rings is 1. The minimum absolute atomic E-state index is 0.684. The highest BCUT2D eigenvalue weighted by Gasteiger charge is 2.36. The van der Waals surface area contributed by atoms with Crippen LogP contribution in [0.5, 0.6) is 0 Å². The van der Waals surface area contributed by atoms with Crippen molar-refractivity contribution in [3.63, 3.8) is 0 Å². The molecule has 0 aromatic heterocycles.